The molecule has 1 aliphatic carbocycles. The van der Waals surface area contributed by atoms with Gasteiger partial charge in [-0.3, -0.25) is 0 Å². The number of hydrogen-bond acceptors (Lipinski definition) is 2. The van der Waals surface area contributed by atoms with Crippen LogP contribution in [0.3, 0.4) is 0 Å². The molecule has 0 saturated heterocycles. The number of rotatable bonds is 3. The van der Waals surface area contributed by atoms with Gasteiger partial charge in [-0.1, -0.05) is 19.3 Å². The van der Waals surface area contributed by atoms with Crippen LogP contribution in [0, 0.1) is 0 Å². The van der Waals surface area contributed by atoms with Crippen LogP contribution < -0.4 is 4.98 Å². The van der Waals surface area contributed by atoms with E-state index in [-0.39, 0.29) is 0 Å². The van der Waals surface area contributed by atoms with Crippen molar-refractivity contribution in [2.45, 2.75) is 44.2 Å². The van der Waals surface area contributed by atoms with Crippen LogP contribution in [0.1, 0.15) is 32.1 Å². The average Bonchev–Trinajstić information content (AvgIpc) is 2.18. The van der Waals surface area contributed by atoms with Gasteiger partial charge in [0.25, 0.3) is 8.48 Å². The lowest BCUT2D eigenvalue weighted by atomic mass is 10.0. The van der Waals surface area contributed by atoms with Crippen LogP contribution in [0.25, 0.3) is 0 Å². The first-order valence-electron chi connectivity index (χ1n) is 4.97. The SMILES string of the molecule is CN[Si](C)(OC)C1CCCCC1. The number of hydrogen-bond donors (Lipinski definition) is 1. The highest BCUT2D eigenvalue weighted by atomic mass is 28.4. The lowest BCUT2D eigenvalue weighted by Gasteiger charge is -2.35. The lowest BCUT2D eigenvalue weighted by molar-refractivity contribution is 0.348. The van der Waals surface area contributed by atoms with Gasteiger partial charge in [-0.05, 0) is 32.0 Å². The Morgan fingerprint density at radius 1 is 1.25 bits per heavy atom. The quantitative estimate of drug-likeness (QED) is 0.684. The molecule has 0 aromatic rings. The minimum atomic E-state index is -1.55. The molecule has 1 unspecified atom stereocenters. The third kappa shape index (κ3) is 2.09. The van der Waals surface area contributed by atoms with E-state index in [0.29, 0.717) is 0 Å². The zero-order valence-electron chi connectivity index (χ0n) is 8.52. The molecule has 1 N–H and O–H groups in total. The van der Waals surface area contributed by atoms with Gasteiger partial charge in [-0.15, -0.1) is 0 Å². The van der Waals surface area contributed by atoms with Crippen molar-refractivity contribution in [3.63, 3.8) is 0 Å². The van der Waals surface area contributed by atoms with Crippen molar-refractivity contribution in [2.24, 2.45) is 0 Å². The van der Waals surface area contributed by atoms with E-state index in [1.807, 2.05) is 14.2 Å². The standard InChI is InChI=1S/C9H21NOSi/c1-10-12(3,11-2)9-7-5-4-6-8-9/h9-10H,4-8H2,1-3H3. The summed E-state index contributed by atoms with van der Waals surface area (Å²) in [5.74, 6) is 0. The van der Waals surface area contributed by atoms with Crippen LogP contribution in [0.2, 0.25) is 12.1 Å². The molecule has 0 aromatic carbocycles. The summed E-state index contributed by atoms with van der Waals surface area (Å²) in [5.41, 5.74) is 0.834. The molecule has 0 aliphatic heterocycles. The van der Waals surface area contributed by atoms with Gasteiger partial charge in [0.05, 0.1) is 0 Å². The van der Waals surface area contributed by atoms with Gasteiger partial charge in [0.2, 0.25) is 0 Å². The van der Waals surface area contributed by atoms with E-state index in [0.717, 1.165) is 5.54 Å². The topological polar surface area (TPSA) is 21.3 Å². The molecule has 0 heterocycles. The first kappa shape index (κ1) is 10.2. The Bertz CT molecular complexity index is 130. The predicted molar refractivity (Wildman–Crippen MR) is 54.5 cm³/mol. The smallest absolute Gasteiger partial charge is 0.268 e. The van der Waals surface area contributed by atoms with Crippen molar-refractivity contribution in [2.75, 3.05) is 14.2 Å². The molecule has 0 bridgehead atoms. The van der Waals surface area contributed by atoms with Crippen LogP contribution in [0.4, 0.5) is 0 Å². The Kier molecular flexibility index (Phi) is 3.74. The maximum Gasteiger partial charge on any atom is 0.268 e. The Labute approximate surface area is 76.9 Å². The third-order valence-corrected chi connectivity index (χ3v) is 7.28. The van der Waals surface area contributed by atoms with Crippen LogP contribution in [0.5, 0.6) is 0 Å². The highest BCUT2D eigenvalue weighted by Gasteiger charge is 2.37. The summed E-state index contributed by atoms with van der Waals surface area (Å²) in [7, 11) is 2.36. The van der Waals surface area contributed by atoms with Crippen molar-refractivity contribution in [1.29, 1.82) is 0 Å². The molecular weight excluding hydrogens is 166 g/mol. The fourth-order valence-electron chi connectivity index (χ4n) is 2.13. The fraction of sp³-hybridized carbons (Fsp3) is 1.00. The van der Waals surface area contributed by atoms with Gasteiger partial charge in [0.15, 0.2) is 0 Å². The van der Waals surface area contributed by atoms with Crippen molar-refractivity contribution >= 4 is 8.48 Å². The Morgan fingerprint density at radius 2 is 1.83 bits per heavy atom. The van der Waals surface area contributed by atoms with Crippen LogP contribution in [-0.2, 0) is 4.43 Å². The van der Waals surface area contributed by atoms with Gasteiger partial charge in [-0.25, -0.2) is 0 Å². The molecule has 72 valence electrons. The Morgan fingerprint density at radius 3 is 2.25 bits per heavy atom. The van der Waals surface area contributed by atoms with E-state index < -0.39 is 8.48 Å². The van der Waals surface area contributed by atoms with Crippen LogP contribution >= 0.6 is 0 Å². The van der Waals surface area contributed by atoms with E-state index >= 15 is 0 Å². The highest BCUT2D eigenvalue weighted by Crippen LogP contribution is 2.35. The van der Waals surface area contributed by atoms with E-state index in [1.54, 1.807) is 0 Å². The molecule has 2 nitrogen and oxygen atoms in total. The fourth-order valence-corrected chi connectivity index (χ4v) is 4.58. The van der Waals surface area contributed by atoms with Gasteiger partial charge in [0, 0.05) is 7.11 Å². The lowest BCUT2D eigenvalue weighted by Crippen LogP contribution is -2.52. The molecule has 0 aromatic heterocycles. The Balaban J connectivity index is 2.51. The molecule has 3 heteroatoms. The summed E-state index contributed by atoms with van der Waals surface area (Å²) < 4.78 is 5.65. The molecular formula is C9H21NOSi. The van der Waals surface area contributed by atoms with Gasteiger partial charge < -0.3 is 9.41 Å². The summed E-state index contributed by atoms with van der Waals surface area (Å²) in [4.78, 5) is 3.41. The third-order valence-electron chi connectivity index (χ3n) is 3.30. The second-order valence-electron chi connectivity index (χ2n) is 3.90. The van der Waals surface area contributed by atoms with E-state index in [9.17, 15) is 0 Å². The maximum atomic E-state index is 5.65. The number of nitrogens with one attached hydrogen (secondary N) is 1. The summed E-state index contributed by atoms with van der Waals surface area (Å²) in [6.07, 6.45) is 6.97. The summed E-state index contributed by atoms with van der Waals surface area (Å²) in [6, 6.07) is 0. The van der Waals surface area contributed by atoms with E-state index in [2.05, 4.69) is 11.5 Å². The summed E-state index contributed by atoms with van der Waals surface area (Å²) >= 11 is 0. The summed E-state index contributed by atoms with van der Waals surface area (Å²) in [5, 5.41) is 0. The molecule has 1 fully saturated rings. The molecule has 1 rings (SSSR count). The zero-order chi connectivity index (χ0) is 9.03. The van der Waals surface area contributed by atoms with Crippen molar-refractivity contribution in [3.05, 3.63) is 0 Å². The second-order valence-corrected chi connectivity index (χ2v) is 7.83. The van der Waals surface area contributed by atoms with Gasteiger partial charge >= 0.3 is 0 Å². The van der Waals surface area contributed by atoms with E-state index in [4.69, 9.17) is 4.43 Å². The molecule has 12 heavy (non-hydrogen) atoms. The van der Waals surface area contributed by atoms with Gasteiger partial charge in [0.1, 0.15) is 0 Å². The Hall–Kier alpha value is 0.137. The molecule has 0 radical (unpaired) electrons. The minimum Gasteiger partial charge on any atom is -0.406 e. The summed E-state index contributed by atoms with van der Waals surface area (Å²) in [6.45, 7) is 2.29. The highest BCUT2D eigenvalue weighted by molar-refractivity contribution is 6.71. The van der Waals surface area contributed by atoms with E-state index in [1.165, 1.54) is 32.1 Å². The maximum absolute atomic E-state index is 5.65. The minimum absolute atomic E-state index is 0.834. The monoisotopic (exact) mass is 187 g/mol. The zero-order valence-corrected chi connectivity index (χ0v) is 9.52. The van der Waals surface area contributed by atoms with Crippen LogP contribution in [-0.4, -0.2) is 22.6 Å². The van der Waals surface area contributed by atoms with Crippen molar-refractivity contribution in [3.8, 4) is 0 Å². The van der Waals surface area contributed by atoms with Crippen molar-refractivity contribution in [1.82, 2.24) is 4.98 Å². The molecule has 1 aliphatic rings. The van der Waals surface area contributed by atoms with Gasteiger partial charge in [-0.2, -0.15) is 0 Å². The largest absolute Gasteiger partial charge is 0.406 e. The van der Waals surface area contributed by atoms with Crippen LogP contribution in [0.15, 0.2) is 0 Å². The predicted octanol–water partition coefficient (Wildman–Crippen LogP) is 2.26. The normalized spacial score (nSPS) is 25.2. The first-order valence-corrected chi connectivity index (χ1v) is 7.45. The van der Waals surface area contributed by atoms with Crippen molar-refractivity contribution < 1.29 is 4.43 Å². The molecule has 1 atom stereocenters. The first-order chi connectivity index (χ1) is 5.73. The molecule has 1 saturated carbocycles. The molecule has 0 amide bonds. The molecule has 0 spiro atoms. The second kappa shape index (κ2) is 4.39. The average molecular weight is 187 g/mol.